The van der Waals surface area contributed by atoms with Crippen LogP contribution in [0.4, 0.5) is 18.9 Å². The molecule has 0 fully saturated rings. The van der Waals surface area contributed by atoms with Gasteiger partial charge in [0.15, 0.2) is 5.82 Å². The lowest BCUT2D eigenvalue weighted by atomic mass is 10.1. The summed E-state index contributed by atoms with van der Waals surface area (Å²) in [4.78, 5) is 18.9. The largest absolute Gasteiger partial charge is 0.473 e. The Morgan fingerprint density at radius 3 is 2.54 bits per heavy atom. The van der Waals surface area contributed by atoms with Crippen LogP contribution in [0.3, 0.4) is 0 Å². The molecule has 0 aliphatic heterocycles. The van der Waals surface area contributed by atoms with Crippen molar-refractivity contribution in [3.63, 3.8) is 0 Å². The number of alkyl halides is 2. The van der Waals surface area contributed by atoms with Crippen molar-refractivity contribution in [3.8, 4) is 5.88 Å². The van der Waals surface area contributed by atoms with Gasteiger partial charge in [0.2, 0.25) is 5.88 Å². The zero-order valence-corrected chi connectivity index (χ0v) is 22.7. The van der Waals surface area contributed by atoms with Gasteiger partial charge in [-0.1, -0.05) is 31.1 Å². The number of halogens is 3. The number of aryl methyl sites for hydroxylation is 1. The van der Waals surface area contributed by atoms with Crippen molar-refractivity contribution in [3.05, 3.63) is 64.6 Å². The lowest BCUT2D eigenvalue weighted by Crippen LogP contribution is -2.42. The monoisotopic (exact) mass is 518 g/mol. The molecule has 0 radical (unpaired) electrons. The SMILES string of the molecule is CC/C(C)=C/C=N\N(C)c1ccc(C)cc1C(=O)N(CC)[C@@H](C)COc1ncc(C(F)(F)CC)cc1F. The number of hydrogen-bond acceptors (Lipinski definition) is 5. The Morgan fingerprint density at radius 2 is 1.95 bits per heavy atom. The maximum Gasteiger partial charge on any atom is 0.274 e. The normalized spacial score (nSPS) is 13.1. The molecule has 0 N–H and O–H groups in total. The van der Waals surface area contributed by atoms with E-state index in [1.807, 2.05) is 39.0 Å². The topological polar surface area (TPSA) is 58.0 Å². The number of rotatable bonds is 12. The second-order valence-corrected chi connectivity index (χ2v) is 9.00. The van der Waals surface area contributed by atoms with Crippen molar-refractivity contribution in [2.24, 2.45) is 5.10 Å². The first-order valence-corrected chi connectivity index (χ1v) is 12.5. The summed E-state index contributed by atoms with van der Waals surface area (Å²) in [6.07, 6.45) is 5.00. The first-order chi connectivity index (χ1) is 17.4. The molecule has 202 valence electrons. The Hall–Kier alpha value is -3.36. The van der Waals surface area contributed by atoms with Crippen LogP contribution in [0.15, 0.2) is 47.2 Å². The van der Waals surface area contributed by atoms with Gasteiger partial charge in [0.1, 0.15) is 6.61 Å². The number of benzene rings is 1. The number of pyridine rings is 1. The fourth-order valence-corrected chi connectivity index (χ4v) is 3.58. The summed E-state index contributed by atoms with van der Waals surface area (Å²) in [5.74, 6) is -4.75. The number of carbonyl (C=O) groups excluding carboxylic acids is 1. The highest BCUT2D eigenvalue weighted by Gasteiger charge is 2.31. The van der Waals surface area contributed by atoms with Crippen LogP contribution in [-0.4, -0.2) is 48.2 Å². The number of allylic oxidation sites excluding steroid dienone is 2. The van der Waals surface area contributed by atoms with Crippen molar-refractivity contribution in [1.29, 1.82) is 0 Å². The Bertz CT molecular complexity index is 1130. The minimum atomic E-state index is -3.17. The third-order valence-corrected chi connectivity index (χ3v) is 6.16. The number of aromatic nitrogens is 1. The average Bonchev–Trinajstić information content (AvgIpc) is 2.87. The van der Waals surface area contributed by atoms with Crippen LogP contribution in [0.25, 0.3) is 0 Å². The summed E-state index contributed by atoms with van der Waals surface area (Å²) < 4.78 is 47.6. The van der Waals surface area contributed by atoms with Crippen LogP contribution in [0.2, 0.25) is 0 Å². The predicted molar refractivity (Wildman–Crippen MR) is 142 cm³/mol. The smallest absolute Gasteiger partial charge is 0.274 e. The maximum absolute atomic E-state index is 14.4. The second-order valence-electron chi connectivity index (χ2n) is 9.00. The van der Waals surface area contributed by atoms with Gasteiger partial charge in [-0.15, -0.1) is 0 Å². The van der Waals surface area contributed by atoms with Gasteiger partial charge >= 0.3 is 0 Å². The fourth-order valence-electron chi connectivity index (χ4n) is 3.58. The van der Waals surface area contributed by atoms with Gasteiger partial charge in [0.05, 0.1) is 17.3 Å². The molecular formula is C28H37F3N4O2. The number of ether oxygens (including phenoxy) is 1. The Balaban J connectivity index is 2.22. The Morgan fingerprint density at radius 1 is 1.24 bits per heavy atom. The van der Waals surface area contributed by atoms with E-state index in [-0.39, 0.29) is 18.4 Å². The summed E-state index contributed by atoms with van der Waals surface area (Å²) in [5.41, 5.74) is 2.71. The van der Waals surface area contributed by atoms with Crippen molar-refractivity contribution in [2.45, 2.75) is 66.3 Å². The molecule has 2 rings (SSSR count). The molecular weight excluding hydrogens is 481 g/mol. The molecule has 1 aromatic carbocycles. The fraction of sp³-hybridized carbons (Fsp3) is 0.464. The maximum atomic E-state index is 14.4. The van der Waals surface area contributed by atoms with Crippen LogP contribution < -0.4 is 9.75 Å². The van der Waals surface area contributed by atoms with Crippen molar-refractivity contribution >= 4 is 17.8 Å². The molecule has 0 spiro atoms. The molecule has 2 aromatic rings. The van der Waals surface area contributed by atoms with Gasteiger partial charge in [-0.2, -0.15) is 5.10 Å². The predicted octanol–water partition coefficient (Wildman–Crippen LogP) is 6.74. The van der Waals surface area contributed by atoms with E-state index < -0.39 is 29.8 Å². The minimum absolute atomic E-state index is 0.0662. The number of anilines is 1. The number of likely N-dealkylation sites (N-methyl/N-ethyl adjacent to an activating group) is 1. The van der Waals surface area contributed by atoms with E-state index in [0.29, 0.717) is 17.8 Å². The van der Waals surface area contributed by atoms with E-state index >= 15 is 0 Å². The molecule has 1 atom stereocenters. The standard InChI is InChI=1S/C28H37F3N4O2/c1-8-19(4)13-14-33-34(7)25-12-11-20(5)15-23(25)27(36)35(10-3)21(6)18-37-26-24(29)16-22(17-32-26)28(30,31)9-2/h11-17,21H,8-10,18H2,1-7H3/b19-13+,33-14-/t21-/m0/s1. The van der Waals surface area contributed by atoms with E-state index in [9.17, 15) is 18.0 Å². The van der Waals surface area contributed by atoms with E-state index in [4.69, 9.17) is 4.74 Å². The van der Waals surface area contributed by atoms with Crippen molar-refractivity contribution < 1.29 is 22.7 Å². The quantitative estimate of drug-likeness (QED) is 0.231. The summed E-state index contributed by atoms with van der Waals surface area (Å²) in [5, 5.41) is 6.08. The van der Waals surface area contributed by atoms with Crippen LogP contribution in [0.5, 0.6) is 5.88 Å². The molecule has 0 bridgehead atoms. The number of amides is 1. The molecule has 6 nitrogen and oxygen atoms in total. The lowest BCUT2D eigenvalue weighted by molar-refractivity contribution is -0.00909. The highest BCUT2D eigenvalue weighted by atomic mass is 19.3. The van der Waals surface area contributed by atoms with Crippen molar-refractivity contribution in [2.75, 3.05) is 25.2 Å². The highest BCUT2D eigenvalue weighted by molar-refractivity contribution is 6.00. The summed E-state index contributed by atoms with van der Waals surface area (Å²) in [7, 11) is 1.77. The zero-order chi connectivity index (χ0) is 27.8. The van der Waals surface area contributed by atoms with Gasteiger partial charge in [0.25, 0.3) is 11.8 Å². The Labute approximate surface area is 217 Å². The van der Waals surface area contributed by atoms with Gasteiger partial charge in [-0.3, -0.25) is 9.80 Å². The number of carbonyl (C=O) groups is 1. The first-order valence-electron chi connectivity index (χ1n) is 12.5. The van der Waals surface area contributed by atoms with Crippen LogP contribution in [-0.2, 0) is 5.92 Å². The van der Waals surface area contributed by atoms with E-state index in [1.54, 1.807) is 36.2 Å². The summed E-state index contributed by atoms with van der Waals surface area (Å²) >= 11 is 0. The summed E-state index contributed by atoms with van der Waals surface area (Å²) in [6.45, 7) is 11.2. The summed E-state index contributed by atoms with van der Waals surface area (Å²) in [6, 6.07) is 5.85. The van der Waals surface area contributed by atoms with E-state index in [1.165, 1.54) is 12.5 Å². The third kappa shape index (κ3) is 7.81. The van der Waals surface area contributed by atoms with Gasteiger partial charge in [-0.25, -0.2) is 18.2 Å². The van der Waals surface area contributed by atoms with E-state index in [0.717, 1.165) is 24.2 Å². The highest BCUT2D eigenvalue weighted by Crippen LogP contribution is 2.32. The number of nitrogens with zero attached hydrogens (tertiary/aromatic N) is 4. The lowest BCUT2D eigenvalue weighted by Gasteiger charge is -2.29. The van der Waals surface area contributed by atoms with Gasteiger partial charge in [0, 0.05) is 38.0 Å². The molecule has 0 saturated heterocycles. The molecule has 0 aliphatic rings. The van der Waals surface area contributed by atoms with Crippen LogP contribution >= 0.6 is 0 Å². The Kier molecular flexibility index (Phi) is 10.7. The number of hydrazone groups is 1. The molecule has 0 aliphatic carbocycles. The first kappa shape index (κ1) is 29.9. The molecule has 37 heavy (non-hydrogen) atoms. The van der Waals surface area contributed by atoms with E-state index in [2.05, 4.69) is 17.0 Å². The number of hydrogen-bond donors (Lipinski definition) is 0. The van der Waals surface area contributed by atoms with Crippen LogP contribution in [0.1, 0.15) is 68.9 Å². The second kappa shape index (κ2) is 13.3. The zero-order valence-electron chi connectivity index (χ0n) is 22.7. The third-order valence-electron chi connectivity index (χ3n) is 6.16. The van der Waals surface area contributed by atoms with Gasteiger partial charge in [-0.05, 0) is 58.4 Å². The average molecular weight is 519 g/mol. The molecule has 0 unspecified atom stereocenters. The molecule has 0 saturated carbocycles. The van der Waals surface area contributed by atoms with Crippen LogP contribution in [0, 0.1) is 12.7 Å². The minimum Gasteiger partial charge on any atom is -0.473 e. The molecule has 1 heterocycles. The molecule has 1 amide bonds. The molecule has 1 aromatic heterocycles. The van der Waals surface area contributed by atoms with Crippen molar-refractivity contribution in [1.82, 2.24) is 9.88 Å². The molecule has 9 heteroatoms. The van der Waals surface area contributed by atoms with Gasteiger partial charge < -0.3 is 9.64 Å².